The molecule has 4 nitrogen and oxygen atoms in total. The van der Waals surface area contributed by atoms with Crippen molar-refractivity contribution in [3.05, 3.63) is 63.9 Å². The summed E-state index contributed by atoms with van der Waals surface area (Å²) in [5, 5.41) is 9.62. The standard InChI is InChI=1S/C14H12Cl2N2O2/c15-11-4-3-10(13(16)8-11)9-18-7-1-2-12(18)5-6-14(19)17-20/h1-8,20H,9H2,(H,17,19). The summed E-state index contributed by atoms with van der Waals surface area (Å²) in [6.07, 6.45) is 4.73. The van der Waals surface area contributed by atoms with E-state index in [9.17, 15) is 4.79 Å². The maximum atomic E-state index is 11.0. The summed E-state index contributed by atoms with van der Waals surface area (Å²) in [6.45, 7) is 0.559. The van der Waals surface area contributed by atoms with Crippen molar-refractivity contribution in [1.82, 2.24) is 10.0 Å². The van der Waals surface area contributed by atoms with Crippen LogP contribution in [0.25, 0.3) is 6.08 Å². The number of halogens is 2. The highest BCUT2D eigenvalue weighted by Gasteiger charge is 2.04. The van der Waals surface area contributed by atoms with Gasteiger partial charge in [-0.1, -0.05) is 29.3 Å². The number of amides is 1. The van der Waals surface area contributed by atoms with E-state index >= 15 is 0 Å². The molecule has 1 heterocycles. The number of hydroxylamine groups is 1. The molecule has 20 heavy (non-hydrogen) atoms. The number of hydrogen-bond donors (Lipinski definition) is 2. The second-order valence-electron chi connectivity index (χ2n) is 4.11. The third-order valence-electron chi connectivity index (χ3n) is 2.74. The third-order valence-corrected chi connectivity index (χ3v) is 3.32. The van der Waals surface area contributed by atoms with E-state index in [4.69, 9.17) is 28.4 Å². The predicted molar refractivity (Wildman–Crippen MR) is 79.0 cm³/mol. The highest BCUT2D eigenvalue weighted by Crippen LogP contribution is 2.22. The van der Waals surface area contributed by atoms with Gasteiger partial charge in [0.15, 0.2) is 0 Å². The van der Waals surface area contributed by atoms with Crippen LogP contribution in [0.1, 0.15) is 11.3 Å². The van der Waals surface area contributed by atoms with E-state index in [1.54, 1.807) is 23.7 Å². The molecule has 6 heteroatoms. The normalized spacial score (nSPS) is 10.9. The lowest BCUT2D eigenvalue weighted by molar-refractivity contribution is -0.124. The molecule has 0 bridgehead atoms. The fraction of sp³-hybridized carbons (Fsp3) is 0.0714. The lowest BCUT2D eigenvalue weighted by atomic mass is 10.2. The van der Waals surface area contributed by atoms with Crippen molar-refractivity contribution in [3.63, 3.8) is 0 Å². The van der Waals surface area contributed by atoms with Gasteiger partial charge in [-0.15, -0.1) is 0 Å². The first kappa shape index (κ1) is 14.7. The highest BCUT2D eigenvalue weighted by atomic mass is 35.5. The summed E-state index contributed by atoms with van der Waals surface area (Å²) in [5.74, 6) is -0.581. The number of hydrogen-bond acceptors (Lipinski definition) is 2. The molecule has 0 fully saturated rings. The Bertz CT molecular complexity index is 650. The first-order valence-corrected chi connectivity index (χ1v) is 6.57. The predicted octanol–water partition coefficient (Wildman–Crippen LogP) is 3.36. The van der Waals surface area contributed by atoms with E-state index < -0.39 is 5.91 Å². The molecule has 1 aromatic carbocycles. The van der Waals surface area contributed by atoms with Crippen molar-refractivity contribution >= 4 is 35.2 Å². The Kier molecular flexibility index (Phi) is 4.84. The van der Waals surface area contributed by atoms with Crippen molar-refractivity contribution in [3.8, 4) is 0 Å². The van der Waals surface area contributed by atoms with Crippen LogP contribution in [0.3, 0.4) is 0 Å². The average Bonchev–Trinajstić information content (AvgIpc) is 2.86. The summed E-state index contributed by atoms with van der Waals surface area (Å²) in [5.41, 5.74) is 3.28. The molecule has 0 spiro atoms. The van der Waals surface area contributed by atoms with Gasteiger partial charge in [0.2, 0.25) is 0 Å². The van der Waals surface area contributed by atoms with Crippen molar-refractivity contribution in [2.75, 3.05) is 0 Å². The first-order chi connectivity index (χ1) is 9.60. The van der Waals surface area contributed by atoms with Crippen LogP contribution in [0.2, 0.25) is 10.0 Å². The van der Waals surface area contributed by atoms with E-state index in [1.807, 2.05) is 29.0 Å². The number of rotatable bonds is 4. The molecule has 0 aliphatic rings. The van der Waals surface area contributed by atoms with Gasteiger partial charge in [0.1, 0.15) is 0 Å². The van der Waals surface area contributed by atoms with Gasteiger partial charge in [0, 0.05) is 34.6 Å². The van der Waals surface area contributed by atoms with E-state index in [2.05, 4.69) is 0 Å². The molecule has 2 N–H and O–H groups in total. The summed E-state index contributed by atoms with van der Waals surface area (Å²) >= 11 is 12.0. The lowest BCUT2D eigenvalue weighted by Crippen LogP contribution is -2.15. The van der Waals surface area contributed by atoms with Crippen LogP contribution in [0.4, 0.5) is 0 Å². The summed E-state index contributed by atoms with van der Waals surface area (Å²) in [4.78, 5) is 11.0. The van der Waals surface area contributed by atoms with Crippen molar-refractivity contribution in [1.29, 1.82) is 0 Å². The van der Waals surface area contributed by atoms with Crippen molar-refractivity contribution in [2.24, 2.45) is 0 Å². The molecular formula is C14H12Cl2N2O2. The Morgan fingerprint density at radius 1 is 1.35 bits per heavy atom. The van der Waals surface area contributed by atoms with E-state index in [0.717, 1.165) is 11.3 Å². The molecule has 0 unspecified atom stereocenters. The number of aromatic nitrogens is 1. The van der Waals surface area contributed by atoms with Gasteiger partial charge in [-0.05, 0) is 35.9 Å². The van der Waals surface area contributed by atoms with Crippen LogP contribution in [0, 0.1) is 0 Å². The molecule has 1 amide bonds. The minimum absolute atomic E-state index is 0.559. The Morgan fingerprint density at radius 2 is 2.15 bits per heavy atom. The summed E-state index contributed by atoms with van der Waals surface area (Å²) in [6, 6.07) is 9.04. The smallest absolute Gasteiger partial charge is 0.267 e. The van der Waals surface area contributed by atoms with Gasteiger partial charge in [0.25, 0.3) is 5.91 Å². The summed E-state index contributed by atoms with van der Waals surface area (Å²) in [7, 11) is 0. The third kappa shape index (κ3) is 3.63. The molecule has 2 rings (SSSR count). The fourth-order valence-corrected chi connectivity index (χ4v) is 2.22. The first-order valence-electron chi connectivity index (χ1n) is 5.81. The second-order valence-corrected chi connectivity index (χ2v) is 4.95. The van der Waals surface area contributed by atoms with E-state index in [1.165, 1.54) is 6.08 Å². The Morgan fingerprint density at radius 3 is 2.85 bits per heavy atom. The van der Waals surface area contributed by atoms with Gasteiger partial charge in [-0.3, -0.25) is 10.0 Å². The zero-order valence-corrected chi connectivity index (χ0v) is 11.9. The van der Waals surface area contributed by atoms with Crippen molar-refractivity contribution < 1.29 is 10.0 Å². The lowest BCUT2D eigenvalue weighted by Gasteiger charge is -2.08. The molecular weight excluding hydrogens is 299 g/mol. The number of carbonyl (C=O) groups is 1. The van der Waals surface area contributed by atoms with Gasteiger partial charge < -0.3 is 4.57 Å². The number of nitrogens with zero attached hydrogens (tertiary/aromatic N) is 1. The van der Waals surface area contributed by atoms with Gasteiger partial charge >= 0.3 is 0 Å². The number of nitrogens with one attached hydrogen (secondary N) is 1. The average molecular weight is 311 g/mol. The minimum atomic E-state index is -0.581. The molecule has 0 saturated carbocycles. The van der Waals surface area contributed by atoms with Crippen LogP contribution in [0.5, 0.6) is 0 Å². The SMILES string of the molecule is O=C(C=Cc1cccn1Cc1ccc(Cl)cc1Cl)NO. The van der Waals surface area contributed by atoms with Crippen molar-refractivity contribution in [2.45, 2.75) is 6.54 Å². The monoisotopic (exact) mass is 310 g/mol. The Balaban J connectivity index is 2.20. The molecule has 0 radical (unpaired) electrons. The van der Waals surface area contributed by atoms with Crippen LogP contribution in [-0.4, -0.2) is 15.7 Å². The molecule has 104 valence electrons. The maximum absolute atomic E-state index is 11.0. The van der Waals surface area contributed by atoms with Gasteiger partial charge in [-0.2, -0.15) is 0 Å². The zero-order chi connectivity index (χ0) is 14.5. The Labute approximate surface area is 126 Å². The van der Waals surface area contributed by atoms with Crippen LogP contribution in [-0.2, 0) is 11.3 Å². The molecule has 2 aromatic rings. The van der Waals surface area contributed by atoms with E-state index in [-0.39, 0.29) is 0 Å². The topological polar surface area (TPSA) is 54.3 Å². The fourth-order valence-electron chi connectivity index (χ4n) is 1.75. The van der Waals surface area contributed by atoms with Crippen LogP contribution >= 0.6 is 23.2 Å². The molecule has 0 saturated heterocycles. The van der Waals surface area contributed by atoms with Crippen LogP contribution in [0.15, 0.2) is 42.6 Å². The Hall–Kier alpha value is -1.75. The summed E-state index contributed by atoms with van der Waals surface area (Å²) < 4.78 is 1.93. The molecule has 0 atom stereocenters. The quantitative estimate of drug-likeness (QED) is 0.517. The number of benzene rings is 1. The van der Waals surface area contributed by atoms with E-state index in [0.29, 0.717) is 16.6 Å². The minimum Gasteiger partial charge on any atom is -0.344 e. The highest BCUT2D eigenvalue weighted by molar-refractivity contribution is 6.35. The maximum Gasteiger partial charge on any atom is 0.267 e. The molecule has 0 aliphatic carbocycles. The van der Waals surface area contributed by atoms with Gasteiger partial charge in [-0.25, -0.2) is 5.48 Å². The zero-order valence-electron chi connectivity index (χ0n) is 10.4. The van der Waals surface area contributed by atoms with Crippen LogP contribution < -0.4 is 5.48 Å². The second kappa shape index (κ2) is 6.61. The molecule has 1 aromatic heterocycles. The largest absolute Gasteiger partial charge is 0.344 e. The number of carbonyl (C=O) groups excluding carboxylic acids is 1. The van der Waals surface area contributed by atoms with Gasteiger partial charge in [0.05, 0.1) is 0 Å². The molecule has 0 aliphatic heterocycles.